The van der Waals surface area contributed by atoms with Crippen molar-refractivity contribution >= 4 is 33.0 Å². The summed E-state index contributed by atoms with van der Waals surface area (Å²) in [5, 5.41) is 2.84. The van der Waals surface area contributed by atoms with Crippen LogP contribution in [0.4, 0.5) is 24.5 Å². The van der Waals surface area contributed by atoms with Crippen LogP contribution in [0.25, 0.3) is 0 Å². The number of carbonyl (C=O) groups is 2. The largest absolute Gasteiger partial charge is 0.483 e. The van der Waals surface area contributed by atoms with Crippen LogP contribution in [0, 0.1) is 17.5 Å². The number of carbonyl (C=O) groups excluding carboxylic acids is 2. The first-order valence-corrected chi connectivity index (χ1v) is 19.5. The zero-order chi connectivity index (χ0) is 36.1. The summed E-state index contributed by atoms with van der Waals surface area (Å²) in [6.07, 6.45) is 7.44. The predicted octanol–water partition coefficient (Wildman–Crippen LogP) is 6.13. The Morgan fingerprint density at radius 1 is 1.02 bits per heavy atom. The monoisotopic (exact) mass is 721 g/mol. The third kappa shape index (κ3) is 7.11. The average Bonchev–Trinajstić information content (AvgIpc) is 3.34. The van der Waals surface area contributed by atoms with E-state index < -0.39 is 27.5 Å². The summed E-state index contributed by atoms with van der Waals surface area (Å²) in [5.74, 6) is -2.78. The first-order valence-electron chi connectivity index (χ1n) is 17.5. The maximum atomic E-state index is 14.7. The van der Waals surface area contributed by atoms with Gasteiger partial charge in [0.25, 0.3) is 5.91 Å². The van der Waals surface area contributed by atoms with Gasteiger partial charge in [-0.05, 0) is 115 Å². The van der Waals surface area contributed by atoms with Crippen molar-refractivity contribution in [3.05, 3.63) is 101 Å². The molecule has 2 heterocycles. The molecule has 3 aromatic carbocycles. The maximum absolute atomic E-state index is 14.7. The second kappa shape index (κ2) is 13.3. The molecule has 7 rings (SSSR count). The SMILES string of the molecule is C=CC(=O)N1CC2(CCC2)Oc2cc(N3CCC4(CC3)C[C@@H](CC(=O)N[C@H](Cc3ccc(F)c(F)c3)CS(C)(=O)=O)c3ccc(F)cc34)ccc21. The molecule has 8 nitrogen and oxygen atoms in total. The number of sulfone groups is 1. The topological polar surface area (TPSA) is 96.0 Å². The molecule has 2 spiro atoms. The second-order valence-electron chi connectivity index (χ2n) is 14.8. The van der Waals surface area contributed by atoms with E-state index in [0.29, 0.717) is 37.4 Å². The number of hydrogen-bond donors (Lipinski definition) is 1. The minimum atomic E-state index is -3.51. The van der Waals surface area contributed by atoms with Gasteiger partial charge in [-0.3, -0.25) is 9.59 Å². The summed E-state index contributed by atoms with van der Waals surface area (Å²) in [6.45, 7) is 5.58. The second-order valence-corrected chi connectivity index (χ2v) is 17.0. The highest BCUT2D eigenvalue weighted by Crippen LogP contribution is 2.54. The Hall–Kier alpha value is -4.32. The Balaban J connectivity index is 1.06. The first-order chi connectivity index (χ1) is 24.3. The molecular formula is C39H42F3N3O5S. The lowest BCUT2D eigenvalue weighted by atomic mass is 9.73. The van der Waals surface area contributed by atoms with Crippen molar-refractivity contribution in [2.45, 2.75) is 74.3 Å². The number of rotatable bonds is 9. The van der Waals surface area contributed by atoms with E-state index in [1.807, 2.05) is 18.2 Å². The number of amides is 2. The van der Waals surface area contributed by atoms with Crippen LogP contribution < -0.4 is 19.9 Å². The van der Waals surface area contributed by atoms with E-state index in [1.54, 1.807) is 17.0 Å². The highest BCUT2D eigenvalue weighted by atomic mass is 32.2. The first kappa shape index (κ1) is 35.1. The summed E-state index contributed by atoms with van der Waals surface area (Å²) >= 11 is 0. The van der Waals surface area contributed by atoms with E-state index in [9.17, 15) is 31.2 Å². The van der Waals surface area contributed by atoms with Gasteiger partial charge in [0.15, 0.2) is 11.6 Å². The van der Waals surface area contributed by atoms with E-state index >= 15 is 0 Å². The van der Waals surface area contributed by atoms with Crippen LogP contribution in [0.15, 0.2) is 67.3 Å². The van der Waals surface area contributed by atoms with Crippen LogP contribution in [-0.4, -0.2) is 63.5 Å². The number of nitrogens with zero attached hydrogens (tertiary/aromatic N) is 2. The molecule has 12 heteroatoms. The number of nitrogens with one attached hydrogen (secondary N) is 1. The van der Waals surface area contributed by atoms with Gasteiger partial charge in [0.2, 0.25) is 5.91 Å². The molecule has 0 radical (unpaired) electrons. The molecule has 2 fully saturated rings. The lowest BCUT2D eigenvalue weighted by Crippen LogP contribution is -2.56. The Bertz CT molecular complexity index is 1990. The van der Waals surface area contributed by atoms with Crippen LogP contribution >= 0.6 is 0 Å². The zero-order valence-corrected chi connectivity index (χ0v) is 29.4. The molecule has 1 saturated heterocycles. The van der Waals surface area contributed by atoms with Gasteiger partial charge in [-0.1, -0.05) is 18.7 Å². The third-order valence-electron chi connectivity index (χ3n) is 11.2. The van der Waals surface area contributed by atoms with Gasteiger partial charge >= 0.3 is 0 Å². The molecule has 1 N–H and O–H groups in total. The molecule has 2 aliphatic heterocycles. The molecule has 0 bridgehead atoms. The van der Waals surface area contributed by atoms with Gasteiger partial charge in [0.05, 0.1) is 18.0 Å². The van der Waals surface area contributed by atoms with E-state index in [4.69, 9.17) is 4.74 Å². The molecule has 51 heavy (non-hydrogen) atoms. The number of ether oxygens (including phenoxy) is 1. The molecule has 0 aromatic heterocycles. The number of piperidine rings is 1. The van der Waals surface area contributed by atoms with Crippen LogP contribution in [0.3, 0.4) is 0 Å². The van der Waals surface area contributed by atoms with Crippen molar-refractivity contribution in [2.75, 3.05) is 41.4 Å². The number of hydrogen-bond acceptors (Lipinski definition) is 6. The fourth-order valence-electron chi connectivity index (χ4n) is 8.64. The van der Waals surface area contributed by atoms with Crippen LogP contribution in [0.1, 0.15) is 67.6 Å². The molecular weight excluding hydrogens is 680 g/mol. The predicted molar refractivity (Wildman–Crippen MR) is 189 cm³/mol. The van der Waals surface area contributed by atoms with E-state index in [2.05, 4.69) is 16.8 Å². The Morgan fingerprint density at radius 3 is 2.45 bits per heavy atom. The smallest absolute Gasteiger partial charge is 0.250 e. The summed E-state index contributed by atoms with van der Waals surface area (Å²) in [4.78, 5) is 30.3. The molecule has 1 saturated carbocycles. The number of anilines is 2. The standard InChI is InChI=1S/C39H42F3N3O5S/c1-3-37(47)45-24-39(11-4-12-39)50-35-21-29(7-10-34(35)45)44-15-13-38(14-16-44)22-26(30-8-6-27(40)20-31(30)38)19-36(46)43-28(23-51(2,48)49)17-25-5-9-32(41)33(42)18-25/h3,5-10,18,20-21,26,28H,1,4,11-17,19,22-24H2,2H3,(H,43,46)/t26-,28-/m1/s1. The van der Waals surface area contributed by atoms with Gasteiger partial charge in [0, 0.05) is 43.6 Å². The average molecular weight is 722 g/mol. The van der Waals surface area contributed by atoms with Gasteiger partial charge in [0.1, 0.15) is 27.0 Å². The van der Waals surface area contributed by atoms with Gasteiger partial charge < -0.3 is 19.9 Å². The van der Waals surface area contributed by atoms with Gasteiger partial charge in [-0.15, -0.1) is 0 Å². The minimum absolute atomic E-state index is 0.0135. The molecule has 4 aliphatic rings. The maximum Gasteiger partial charge on any atom is 0.250 e. The number of halogens is 3. The quantitative estimate of drug-likeness (QED) is 0.268. The van der Waals surface area contributed by atoms with E-state index in [0.717, 1.165) is 73.0 Å². The van der Waals surface area contributed by atoms with Crippen LogP contribution in [0.2, 0.25) is 0 Å². The van der Waals surface area contributed by atoms with Crippen molar-refractivity contribution in [3.8, 4) is 5.75 Å². The minimum Gasteiger partial charge on any atom is -0.483 e. The molecule has 2 atom stereocenters. The van der Waals surface area contributed by atoms with Crippen molar-refractivity contribution in [2.24, 2.45) is 0 Å². The summed E-state index contributed by atoms with van der Waals surface area (Å²) < 4.78 is 73.1. The highest BCUT2D eigenvalue weighted by Gasteiger charge is 2.48. The van der Waals surface area contributed by atoms with E-state index in [1.165, 1.54) is 18.2 Å². The Morgan fingerprint density at radius 2 is 1.78 bits per heavy atom. The fraction of sp³-hybridized carbons (Fsp3) is 0.436. The lowest BCUT2D eigenvalue weighted by molar-refractivity contribution is -0.122. The summed E-state index contributed by atoms with van der Waals surface area (Å²) in [6, 6.07) is 13.2. The normalized spacial score (nSPS) is 20.6. The van der Waals surface area contributed by atoms with Crippen LogP contribution in [0.5, 0.6) is 5.75 Å². The van der Waals surface area contributed by atoms with E-state index in [-0.39, 0.29) is 53.2 Å². The molecule has 2 aliphatic carbocycles. The molecule has 270 valence electrons. The van der Waals surface area contributed by atoms with Crippen LogP contribution in [-0.2, 0) is 31.3 Å². The molecule has 2 amide bonds. The summed E-state index contributed by atoms with van der Waals surface area (Å²) in [5.41, 5.74) is 3.21. The Kier molecular flexibility index (Phi) is 9.18. The van der Waals surface area contributed by atoms with Crippen molar-refractivity contribution in [1.82, 2.24) is 5.32 Å². The Labute approximate surface area is 296 Å². The highest BCUT2D eigenvalue weighted by molar-refractivity contribution is 7.90. The van der Waals surface area contributed by atoms with Gasteiger partial charge in [-0.25, -0.2) is 21.6 Å². The molecule has 0 unspecified atom stereocenters. The number of fused-ring (bicyclic) bond motifs is 3. The third-order valence-corrected chi connectivity index (χ3v) is 12.2. The number of benzene rings is 3. The van der Waals surface area contributed by atoms with Crippen molar-refractivity contribution < 1.29 is 35.9 Å². The summed E-state index contributed by atoms with van der Waals surface area (Å²) in [7, 11) is -3.51. The fourth-order valence-corrected chi connectivity index (χ4v) is 9.58. The van der Waals surface area contributed by atoms with Crippen molar-refractivity contribution in [3.63, 3.8) is 0 Å². The molecule has 3 aromatic rings. The lowest BCUT2D eigenvalue weighted by Gasteiger charge is -2.49. The van der Waals surface area contributed by atoms with Gasteiger partial charge in [-0.2, -0.15) is 0 Å². The zero-order valence-electron chi connectivity index (χ0n) is 28.6. The van der Waals surface area contributed by atoms with Crippen molar-refractivity contribution in [1.29, 1.82) is 0 Å².